The van der Waals surface area contributed by atoms with Gasteiger partial charge in [0.2, 0.25) is 0 Å². The molecule has 7 rings (SSSR count). The van der Waals surface area contributed by atoms with Crippen molar-refractivity contribution in [2.45, 2.75) is 139 Å². The molecule has 2 aliphatic heterocycles. The van der Waals surface area contributed by atoms with Crippen LogP contribution < -0.4 is 11.1 Å². The predicted molar refractivity (Wildman–Crippen MR) is 174 cm³/mol. The molecule has 11 nitrogen and oxygen atoms in total. The Hall–Kier alpha value is -1.70. The van der Waals surface area contributed by atoms with Gasteiger partial charge < -0.3 is 40.3 Å². The first-order valence-corrected chi connectivity index (χ1v) is 18.9. The Labute approximate surface area is 283 Å². The zero-order valence-corrected chi connectivity index (χ0v) is 28.1. The summed E-state index contributed by atoms with van der Waals surface area (Å²) in [5.74, 6) is -2.91. The van der Waals surface area contributed by atoms with Crippen LogP contribution in [0.4, 0.5) is 0 Å². The first-order chi connectivity index (χ1) is 23.1. The number of ketones is 2. The van der Waals surface area contributed by atoms with Crippen molar-refractivity contribution in [1.82, 2.24) is 0 Å². The van der Waals surface area contributed by atoms with Crippen molar-refractivity contribution >= 4 is 11.6 Å². The number of carbonyl (C=O) groups excluding carboxylic acids is 2. The molecule has 12 atom stereocenters. The van der Waals surface area contributed by atoms with E-state index in [1.165, 1.54) is 6.42 Å². The summed E-state index contributed by atoms with van der Waals surface area (Å²) in [4.78, 5) is 28.3. The number of ether oxygens (including phenoxy) is 2. The average molecular weight is 674 g/mol. The summed E-state index contributed by atoms with van der Waals surface area (Å²) in [6.45, 7) is 0.283. The minimum absolute atomic E-state index is 0.0379. The van der Waals surface area contributed by atoms with Gasteiger partial charge in [0.05, 0.1) is 37.0 Å². The highest BCUT2D eigenvalue weighted by atomic mass is 16.7. The van der Waals surface area contributed by atoms with Crippen molar-refractivity contribution in [3.63, 3.8) is 0 Å². The van der Waals surface area contributed by atoms with Crippen LogP contribution in [0.1, 0.15) is 96.3 Å². The number of aliphatic hydroxyl groups is 5. The molecule has 0 aromatic rings. The zero-order chi connectivity index (χ0) is 33.8. The number of allylic oxidation sites excluding steroid dienone is 4. The molecule has 11 heteroatoms. The van der Waals surface area contributed by atoms with E-state index in [0.717, 1.165) is 76.3 Å². The maximum atomic E-state index is 14.2. The summed E-state index contributed by atoms with van der Waals surface area (Å²) in [6, 6.07) is 0. The van der Waals surface area contributed by atoms with Gasteiger partial charge in [-0.05, 0) is 73.8 Å². The Balaban J connectivity index is 1.13. The van der Waals surface area contributed by atoms with Crippen LogP contribution in [0.3, 0.4) is 0 Å². The van der Waals surface area contributed by atoms with Crippen LogP contribution in [0.2, 0.25) is 0 Å². The summed E-state index contributed by atoms with van der Waals surface area (Å²) in [7, 11) is 0. The summed E-state index contributed by atoms with van der Waals surface area (Å²) in [6.07, 6.45) is 9.49. The van der Waals surface area contributed by atoms with E-state index in [2.05, 4.69) is 5.32 Å². The van der Waals surface area contributed by atoms with Crippen LogP contribution in [0, 0.1) is 40.9 Å². The van der Waals surface area contributed by atoms with Gasteiger partial charge in [0, 0.05) is 18.8 Å². The monoisotopic (exact) mass is 673 g/mol. The lowest BCUT2D eigenvalue weighted by molar-refractivity contribution is -0.700. The highest BCUT2D eigenvalue weighted by molar-refractivity contribution is 6.02. The first kappa shape index (κ1) is 34.7. The molecule has 0 radical (unpaired) electrons. The van der Waals surface area contributed by atoms with E-state index >= 15 is 0 Å². The second kappa shape index (κ2) is 13.8. The third-order valence-electron chi connectivity index (χ3n) is 13.7. The van der Waals surface area contributed by atoms with Crippen molar-refractivity contribution in [2.75, 3.05) is 13.2 Å². The molecule has 48 heavy (non-hydrogen) atoms. The summed E-state index contributed by atoms with van der Waals surface area (Å²) in [5, 5.41) is 59.2. The van der Waals surface area contributed by atoms with Crippen molar-refractivity contribution in [3.05, 3.63) is 23.5 Å². The second-order valence-electron chi connectivity index (χ2n) is 16.4. The molecule has 0 spiro atoms. The lowest BCUT2D eigenvalue weighted by Crippen LogP contribution is -2.95. The minimum atomic E-state index is -2.04. The predicted octanol–water partition coefficient (Wildman–Crippen LogP) is 1.51. The van der Waals surface area contributed by atoms with Crippen molar-refractivity contribution in [2.24, 2.45) is 46.7 Å². The summed E-state index contributed by atoms with van der Waals surface area (Å²) < 4.78 is 12.4. The molecule has 6 fully saturated rings. The van der Waals surface area contributed by atoms with E-state index in [1.807, 2.05) is 6.08 Å². The molecule has 0 aromatic heterocycles. The molecule has 0 amide bonds. The van der Waals surface area contributed by atoms with Gasteiger partial charge in [-0.25, -0.2) is 0 Å². The van der Waals surface area contributed by atoms with Gasteiger partial charge in [0.25, 0.3) is 0 Å². The maximum absolute atomic E-state index is 14.2. The average Bonchev–Trinajstić information content (AvgIpc) is 3.57. The molecule has 7 aliphatic rings. The normalized spacial score (nSPS) is 45.2. The number of carbonyl (C=O) groups is 2. The van der Waals surface area contributed by atoms with Crippen LogP contribution in [-0.2, 0) is 19.1 Å². The molecule has 2 heterocycles. The van der Waals surface area contributed by atoms with E-state index in [1.54, 1.807) is 6.08 Å². The fourth-order valence-electron chi connectivity index (χ4n) is 11.2. The lowest BCUT2D eigenvalue weighted by Gasteiger charge is -2.53. The first-order valence-electron chi connectivity index (χ1n) is 18.9. The van der Waals surface area contributed by atoms with Gasteiger partial charge in [0.15, 0.2) is 12.1 Å². The van der Waals surface area contributed by atoms with Crippen molar-refractivity contribution < 1.29 is 49.9 Å². The molecule has 268 valence electrons. The molecular formula is C37H57N2O9+. The van der Waals surface area contributed by atoms with Gasteiger partial charge in [-0.2, -0.15) is 0 Å². The zero-order valence-electron chi connectivity index (χ0n) is 28.1. The minimum Gasteiger partial charge on any atom is -0.512 e. The highest BCUT2D eigenvalue weighted by Crippen LogP contribution is 2.55. The number of hydrogen-bond donors (Lipinski definition) is 7. The second-order valence-corrected chi connectivity index (χ2v) is 16.4. The number of Topliss-reactive ketones (excluding diaryl/α,β-unsaturated/α-hetero) is 2. The standard InChI is InChI=1S/C37H56N2O9/c38-28-17-22(11-14-39-28)36(12-4-5-13-36)19-37(46)33(44)27(18-40)48-35(34(37)45)47-26-10-6-9-23-30(26)32(43)29-24(31(23)42)15-21(16-25(29)41)20-7-2-1-3-8-20/h15-16,20,22-24,26-30,33-35,39-41,44-46H,1-14,17-19,38H2/p+1/t22?,23?,24-,26?,27+,28?,29+,30?,33+,34-,35-,37-/m0/s1. The van der Waals surface area contributed by atoms with Gasteiger partial charge in [-0.15, -0.1) is 0 Å². The van der Waals surface area contributed by atoms with Crippen molar-refractivity contribution in [3.8, 4) is 0 Å². The van der Waals surface area contributed by atoms with Gasteiger partial charge in [-0.3, -0.25) is 15.3 Å². The topological polar surface area (TPSA) is 196 Å². The number of quaternary nitrogens is 1. The lowest BCUT2D eigenvalue weighted by atomic mass is 9.58. The molecule has 5 aliphatic carbocycles. The Kier molecular flexibility index (Phi) is 9.98. The van der Waals surface area contributed by atoms with E-state index in [0.29, 0.717) is 25.2 Å². The number of rotatable bonds is 7. The van der Waals surface area contributed by atoms with Gasteiger partial charge in [0.1, 0.15) is 41.6 Å². The molecular weight excluding hydrogens is 616 g/mol. The Morgan fingerprint density at radius 2 is 1.71 bits per heavy atom. The maximum Gasteiger partial charge on any atom is 0.187 e. The number of hydrogen-bond acceptors (Lipinski definition) is 10. The van der Waals surface area contributed by atoms with Crippen LogP contribution >= 0.6 is 0 Å². The molecule has 5 unspecified atom stereocenters. The fraction of sp³-hybridized carbons (Fsp3) is 0.838. The largest absolute Gasteiger partial charge is 0.512 e. The van der Waals surface area contributed by atoms with Crippen LogP contribution in [-0.4, -0.2) is 92.7 Å². The summed E-state index contributed by atoms with van der Waals surface area (Å²) >= 11 is 0. The van der Waals surface area contributed by atoms with Crippen LogP contribution in [0.5, 0.6) is 0 Å². The number of piperidine rings is 1. The van der Waals surface area contributed by atoms with E-state index < -0.39 is 66.6 Å². The highest BCUT2D eigenvalue weighted by Gasteiger charge is 2.61. The van der Waals surface area contributed by atoms with E-state index in [9.17, 15) is 35.1 Å². The third kappa shape index (κ3) is 6.04. The number of aliphatic hydroxyl groups excluding tert-OH is 4. The smallest absolute Gasteiger partial charge is 0.187 e. The SMILES string of the molecule is NC1CC(C2(C[C@]3(O)[C@H](O)[C@@H](CO)O[C@H](OC4CCCC5C(=O)[C@H]6C=C(C7CCCCC7)C=C(O)[C@@H]6C(=O)C45)[C@@H]3O)CCCC2)CC[NH2+]1. The number of nitrogens with two attached hydrogens (primary N) is 2. The van der Waals surface area contributed by atoms with Crippen molar-refractivity contribution in [1.29, 1.82) is 0 Å². The molecule has 0 aromatic carbocycles. The van der Waals surface area contributed by atoms with Crippen LogP contribution in [0.15, 0.2) is 23.5 Å². The molecule has 4 saturated carbocycles. The number of fused-ring (bicyclic) bond motifs is 2. The summed E-state index contributed by atoms with van der Waals surface area (Å²) in [5.41, 5.74) is 4.94. The Morgan fingerprint density at radius 3 is 2.42 bits per heavy atom. The van der Waals surface area contributed by atoms with Gasteiger partial charge in [-0.1, -0.05) is 44.6 Å². The fourth-order valence-corrected chi connectivity index (χ4v) is 11.2. The molecule has 9 N–H and O–H groups in total. The van der Waals surface area contributed by atoms with Gasteiger partial charge >= 0.3 is 0 Å². The molecule has 0 bridgehead atoms. The Morgan fingerprint density at radius 1 is 0.958 bits per heavy atom. The van der Waals surface area contributed by atoms with E-state index in [4.69, 9.17) is 15.2 Å². The third-order valence-corrected chi connectivity index (χ3v) is 13.7. The molecule has 2 saturated heterocycles. The van der Waals surface area contributed by atoms with E-state index in [-0.39, 0.29) is 41.2 Å². The quantitative estimate of drug-likeness (QED) is 0.208. The van der Waals surface area contributed by atoms with Crippen LogP contribution in [0.25, 0.3) is 0 Å². The Bertz CT molecular complexity index is 1280.